The van der Waals surface area contributed by atoms with E-state index in [1.165, 1.54) is 55.1 Å². The number of aromatic nitrogens is 4. The van der Waals surface area contributed by atoms with Gasteiger partial charge < -0.3 is 4.57 Å². The molecule has 11 aromatic rings. The average Bonchev–Trinajstić information content (AvgIpc) is 3.83. The fourth-order valence-electron chi connectivity index (χ4n) is 9.76. The van der Waals surface area contributed by atoms with Crippen molar-refractivity contribution in [1.29, 1.82) is 0 Å². The zero-order valence-electron chi connectivity index (χ0n) is 32.6. The Morgan fingerprint density at radius 1 is 0.417 bits per heavy atom. The lowest BCUT2D eigenvalue weighted by molar-refractivity contribution is 0.768. The number of hydrogen-bond donors (Lipinski definition) is 0. The van der Waals surface area contributed by atoms with Gasteiger partial charge in [-0.05, 0) is 69.1 Å². The topological polar surface area (TPSA) is 43.6 Å². The zero-order chi connectivity index (χ0) is 39.6. The summed E-state index contributed by atoms with van der Waals surface area (Å²) < 4.78 is 2.38. The molecule has 280 valence electrons. The monoisotopic (exact) mass is 764 g/mol. The highest BCUT2D eigenvalue weighted by Crippen LogP contribution is 2.56. The number of fused-ring (bicyclic) bond motifs is 8. The molecule has 4 nitrogen and oxygen atoms in total. The second-order valence-corrected chi connectivity index (χ2v) is 15.6. The summed E-state index contributed by atoms with van der Waals surface area (Å²) in [6, 6.07) is 74.0. The van der Waals surface area contributed by atoms with Crippen LogP contribution >= 0.6 is 0 Å². The molecule has 0 radical (unpaired) electrons. The summed E-state index contributed by atoms with van der Waals surface area (Å²) >= 11 is 0. The second-order valence-electron chi connectivity index (χ2n) is 15.6. The van der Waals surface area contributed by atoms with Gasteiger partial charge in [0, 0.05) is 50.9 Å². The SMILES string of the molecule is c1ccc(-c2cc(-c3cccc(-n4c5ccncc5c5ccc6ccccc6c54)c3)nc(-c3ccc4c(c3)C(c3ccccc3)(c3ccccc3)c3ccccc3-4)n2)cc1. The molecule has 0 spiro atoms. The van der Waals surface area contributed by atoms with Gasteiger partial charge in [0.2, 0.25) is 0 Å². The number of nitrogens with zero attached hydrogens (tertiary/aromatic N) is 4. The molecule has 3 aromatic heterocycles. The van der Waals surface area contributed by atoms with Gasteiger partial charge >= 0.3 is 0 Å². The van der Waals surface area contributed by atoms with Gasteiger partial charge in [0.1, 0.15) is 0 Å². The van der Waals surface area contributed by atoms with E-state index in [0.717, 1.165) is 44.7 Å². The first-order valence-corrected chi connectivity index (χ1v) is 20.4. The molecule has 60 heavy (non-hydrogen) atoms. The lowest BCUT2D eigenvalue weighted by Crippen LogP contribution is -2.28. The number of rotatable bonds is 6. The van der Waals surface area contributed by atoms with Crippen LogP contribution in [0.5, 0.6) is 0 Å². The summed E-state index contributed by atoms with van der Waals surface area (Å²) in [5.74, 6) is 0.680. The Kier molecular flexibility index (Phi) is 7.72. The molecule has 0 saturated heterocycles. The summed E-state index contributed by atoms with van der Waals surface area (Å²) in [7, 11) is 0. The van der Waals surface area contributed by atoms with Gasteiger partial charge in [0.25, 0.3) is 0 Å². The van der Waals surface area contributed by atoms with Gasteiger partial charge in [0.15, 0.2) is 5.82 Å². The second kappa shape index (κ2) is 13.6. The average molecular weight is 765 g/mol. The van der Waals surface area contributed by atoms with Crippen molar-refractivity contribution in [3.05, 3.63) is 241 Å². The molecule has 12 rings (SSSR count). The van der Waals surface area contributed by atoms with Crippen LogP contribution in [0.3, 0.4) is 0 Å². The maximum atomic E-state index is 5.43. The van der Waals surface area contributed by atoms with Gasteiger partial charge in [0.05, 0.1) is 27.8 Å². The minimum Gasteiger partial charge on any atom is -0.308 e. The Morgan fingerprint density at radius 2 is 1.08 bits per heavy atom. The van der Waals surface area contributed by atoms with Crippen LogP contribution in [0.2, 0.25) is 0 Å². The van der Waals surface area contributed by atoms with Crippen molar-refractivity contribution < 1.29 is 0 Å². The molecule has 0 unspecified atom stereocenters. The van der Waals surface area contributed by atoms with Crippen LogP contribution in [0, 0.1) is 0 Å². The van der Waals surface area contributed by atoms with Crippen LogP contribution in [0.4, 0.5) is 0 Å². The van der Waals surface area contributed by atoms with Crippen LogP contribution in [0.15, 0.2) is 219 Å². The van der Waals surface area contributed by atoms with Crippen molar-refractivity contribution in [3.63, 3.8) is 0 Å². The molecule has 0 bridgehead atoms. The minimum atomic E-state index is -0.527. The van der Waals surface area contributed by atoms with Crippen molar-refractivity contribution in [3.8, 4) is 50.7 Å². The van der Waals surface area contributed by atoms with E-state index in [4.69, 9.17) is 9.97 Å². The molecule has 8 aromatic carbocycles. The first-order chi connectivity index (χ1) is 29.8. The molecule has 0 fully saturated rings. The Hall–Kier alpha value is -7.95. The molecule has 0 aliphatic heterocycles. The zero-order valence-corrected chi connectivity index (χ0v) is 32.6. The van der Waals surface area contributed by atoms with E-state index in [2.05, 4.69) is 210 Å². The lowest BCUT2D eigenvalue weighted by atomic mass is 9.67. The molecule has 3 heterocycles. The van der Waals surface area contributed by atoms with Gasteiger partial charge in [-0.3, -0.25) is 4.98 Å². The molecule has 0 amide bonds. The largest absolute Gasteiger partial charge is 0.308 e. The summed E-state index contributed by atoms with van der Waals surface area (Å²) in [6.45, 7) is 0. The highest BCUT2D eigenvalue weighted by molar-refractivity contribution is 6.18. The van der Waals surface area contributed by atoms with E-state index in [0.29, 0.717) is 5.82 Å². The van der Waals surface area contributed by atoms with Gasteiger partial charge in [-0.2, -0.15) is 0 Å². The fourth-order valence-corrected chi connectivity index (χ4v) is 9.76. The van der Waals surface area contributed by atoms with Gasteiger partial charge in [-0.15, -0.1) is 0 Å². The first-order valence-electron chi connectivity index (χ1n) is 20.4. The van der Waals surface area contributed by atoms with Crippen molar-refractivity contribution >= 4 is 32.6 Å². The molecule has 1 aliphatic rings. The van der Waals surface area contributed by atoms with E-state index in [1.807, 2.05) is 18.5 Å². The van der Waals surface area contributed by atoms with Crippen LogP contribution < -0.4 is 0 Å². The maximum absolute atomic E-state index is 5.43. The van der Waals surface area contributed by atoms with E-state index < -0.39 is 5.41 Å². The van der Waals surface area contributed by atoms with E-state index in [9.17, 15) is 0 Å². The molecule has 4 heteroatoms. The van der Waals surface area contributed by atoms with E-state index >= 15 is 0 Å². The Morgan fingerprint density at radius 3 is 1.88 bits per heavy atom. The first kappa shape index (κ1) is 34.1. The summed E-state index contributed by atoms with van der Waals surface area (Å²) in [4.78, 5) is 15.3. The highest BCUT2D eigenvalue weighted by atomic mass is 15.0. The van der Waals surface area contributed by atoms with Crippen LogP contribution in [0.1, 0.15) is 22.3 Å². The van der Waals surface area contributed by atoms with Crippen molar-refractivity contribution in [1.82, 2.24) is 19.5 Å². The van der Waals surface area contributed by atoms with E-state index in [1.54, 1.807) is 0 Å². The highest BCUT2D eigenvalue weighted by Gasteiger charge is 2.46. The van der Waals surface area contributed by atoms with Crippen LogP contribution in [-0.4, -0.2) is 19.5 Å². The number of pyridine rings is 1. The van der Waals surface area contributed by atoms with Crippen LogP contribution in [0.25, 0.3) is 83.3 Å². The molecule has 0 saturated carbocycles. The van der Waals surface area contributed by atoms with Gasteiger partial charge in [-0.25, -0.2) is 9.97 Å². The van der Waals surface area contributed by atoms with Gasteiger partial charge in [-0.1, -0.05) is 176 Å². The lowest BCUT2D eigenvalue weighted by Gasteiger charge is -2.34. The van der Waals surface area contributed by atoms with Crippen molar-refractivity contribution in [2.24, 2.45) is 0 Å². The van der Waals surface area contributed by atoms with E-state index in [-0.39, 0.29) is 0 Å². The predicted molar refractivity (Wildman–Crippen MR) is 245 cm³/mol. The summed E-state index contributed by atoms with van der Waals surface area (Å²) in [5.41, 5.74) is 15.0. The fraction of sp³-hybridized carbons (Fsp3) is 0.0179. The normalized spacial score (nSPS) is 12.8. The standard InChI is InChI=1S/C56H36N4/c1-4-16-38(17-5-1)51-35-52(39-18-14-23-43(33-39)60-53-31-32-57-36-48(53)47-30-27-37-15-10-11-24-44(37)54(47)60)59-55(58-51)40-28-29-46-45-25-12-13-26-49(45)56(50(46)34-40,41-19-6-2-7-20-41)42-21-8-3-9-22-42/h1-36H. The summed E-state index contributed by atoms with van der Waals surface area (Å²) in [6.07, 6.45) is 3.86. The maximum Gasteiger partial charge on any atom is 0.160 e. The molecule has 0 N–H and O–H groups in total. The van der Waals surface area contributed by atoms with Crippen molar-refractivity contribution in [2.75, 3.05) is 0 Å². The Labute approximate surface area is 347 Å². The Bertz CT molecular complexity index is 3390. The molecular formula is C56H36N4. The van der Waals surface area contributed by atoms with Crippen LogP contribution in [-0.2, 0) is 5.41 Å². The molecule has 0 atom stereocenters. The molecular weight excluding hydrogens is 729 g/mol. The summed E-state index contributed by atoms with van der Waals surface area (Å²) in [5, 5.41) is 4.71. The number of hydrogen-bond acceptors (Lipinski definition) is 3. The third kappa shape index (κ3) is 5.14. The predicted octanol–water partition coefficient (Wildman–Crippen LogP) is 13.5. The van der Waals surface area contributed by atoms with Crippen molar-refractivity contribution in [2.45, 2.75) is 5.41 Å². The third-order valence-electron chi connectivity index (χ3n) is 12.4. The quantitative estimate of drug-likeness (QED) is 0.169. The molecule has 1 aliphatic carbocycles. The minimum absolute atomic E-state index is 0.527. The third-order valence-corrected chi connectivity index (χ3v) is 12.4. The smallest absolute Gasteiger partial charge is 0.160 e. The Balaban J connectivity index is 1.08. The number of benzene rings is 8.